The third-order valence-electron chi connectivity index (χ3n) is 4.44. The summed E-state index contributed by atoms with van der Waals surface area (Å²) in [4.78, 5) is 25.2. The number of carbonyl (C=O) groups is 2. The summed E-state index contributed by atoms with van der Waals surface area (Å²) in [5.41, 5.74) is 1.97. The summed E-state index contributed by atoms with van der Waals surface area (Å²) in [6.07, 6.45) is 2.95. The first-order chi connectivity index (χ1) is 16.0. The number of methoxy groups -OCH3 is 1. The molecule has 3 aromatic rings. The van der Waals surface area contributed by atoms with Crippen LogP contribution in [0.3, 0.4) is 0 Å². The van der Waals surface area contributed by atoms with Crippen molar-refractivity contribution in [2.45, 2.75) is 0 Å². The van der Waals surface area contributed by atoms with Crippen molar-refractivity contribution >= 4 is 40.9 Å². The number of benzene rings is 3. The van der Waals surface area contributed by atoms with E-state index in [0.717, 1.165) is 0 Å². The number of ether oxygens (including phenoxy) is 2. The first-order valence-electron chi connectivity index (χ1n) is 9.83. The Bertz CT molecular complexity index is 1220. The number of nitriles is 1. The average Bonchev–Trinajstić information content (AvgIpc) is 2.83. The van der Waals surface area contributed by atoms with Gasteiger partial charge in [0.2, 0.25) is 5.91 Å². The molecule has 166 valence electrons. The van der Waals surface area contributed by atoms with Gasteiger partial charge in [0.25, 0.3) is 5.91 Å². The second kappa shape index (κ2) is 11.4. The fraction of sp³-hybridized carbons (Fsp3) is 0.0800. The van der Waals surface area contributed by atoms with Crippen molar-refractivity contribution in [3.8, 4) is 17.6 Å². The standard InChI is InChI=1S/C25H20ClN3O4/c1-32-23-16-17(6-12-22(23)33-15-14-27)7-13-24(30)29-21-5-3-2-4-20(21)25(31)28-19-10-8-18(26)9-11-19/h2-13,16H,15H2,1H3,(H,28,31)(H,29,30)/b13-7+. The molecule has 0 fully saturated rings. The summed E-state index contributed by atoms with van der Waals surface area (Å²) in [7, 11) is 1.49. The molecule has 0 bridgehead atoms. The lowest BCUT2D eigenvalue weighted by molar-refractivity contribution is -0.111. The van der Waals surface area contributed by atoms with Gasteiger partial charge in [-0.05, 0) is 60.2 Å². The van der Waals surface area contributed by atoms with Crippen LogP contribution in [-0.4, -0.2) is 25.5 Å². The summed E-state index contributed by atoms with van der Waals surface area (Å²) in [5, 5.41) is 14.7. The Morgan fingerprint density at radius 1 is 1.03 bits per heavy atom. The molecule has 7 nitrogen and oxygen atoms in total. The molecule has 0 aliphatic heterocycles. The number of anilines is 2. The van der Waals surface area contributed by atoms with Gasteiger partial charge in [-0.25, -0.2) is 0 Å². The lowest BCUT2D eigenvalue weighted by atomic mass is 10.1. The van der Waals surface area contributed by atoms with Crippen LogP contribution in [0.1, 0.15) is 15.9 Å². The molecular formula is C25H20ClN3O4. The fourth-order valence-electron chi connectivity index (χ4n) is 2.89. The van der Waals surface area contributed by atoms with Crippen molar-refractivity contribution < 1.29 is 19.1 Å². The predicted octanol–water partition coefficient (Wildman–Crippen LogP) is 5.16. The Morgan fingerprint density at radius 2 is 1.79 bits per heavy atom. The van der Waals surface area contributed by atoms with Gasteiger partial charge >= 0.3 is 0 Å². The molecular weight excluding hydrogens is 442 g/mol. The van der Waals surface area contributed by atoms with Crippen LogP contribution in [-0.2, 0) is 4.79 Å². The summed E-state index contributed by atoms with van der Waals surface area (Å²) in [5.74, 6) is 0.0960. The molecule has 0 atom stereocenters. The van der Waals surface area contributed by atoms with Crippen LogP contribution >= 0.6 is 11.6 Å². The number of amides is 2. The molecule has 0 radical (unpaired) electrons. The molecule has 33 heavy (non-hydrogen) atoms. The summed E-state index contributed by atoms with van der Waals surface area (Å²) in [6.45, 7) is -0.0983. The summed E-state index contributed by atoms with van der Waals surface area (Å²) >= 11 is 5.88. The minimum Gasteiger partial charge on any atom is -0.493 e. The van der Waals surface area contributed by atoms with E-state index in [1.54, 1.807) is 72.8 Å². The zero-order valence-corrected chi connectivity index (χ0v) is 18.4. The van der Waals surface area contributed by atoms with Crippen LogP contribution in [0.15, 0.2) is 72.8 Å². The first kappa shape index (κ1) is 23.4. The monoisotopic (exact) mass is 461 g/mol. The molecule has 0 spiro atoms. The van der Waals surface area contributed by atoms with Crippen LogP contribution in [0, 0.1) is 11.3 Å². The van der Waals surface area contributed by atoms with Gasteiger partial charge in [-0.2, -0.15) is 5.26 Å². The Labute approximate surface area is 196 Å². The molecule has 0 unspecified atom stereocenters. The van der Waals surface area contributed by atoms with Gasteiger partial charge in [-0.15, -0.1) is 0 Å². The van der Waals surface area contributed by atoms with Gasteiger partial charge in [0, 0.05) is 16.8 Å². The van der Waals surface area contributed by atoms with E-state index in [-0.39, 0.29) is 12.5 Å². The lowest BCUT2D eigenvalue weighted by Gasteiger charge is -2.11. The molecule has 0 aliphatic carbocycles. The number of hydrogen-bond acceptors (Lipinski definition) is 5. The zero-order chi connectivity index (χ0) is 23.6. The number of nitrogens with one attached hydrogen (secondary N) is 2. The average molecular weight is 462 g/mol. The molecule has 0 saturated carbocycles. The van der Waals surface area contributed by atoms with E-state index < -0.39 is 5.91 Å². The van der Waals surface area contributed by atoms with Crippen molar-refractivity contribution in [1.29, 1.82) is 5.26 Å². The summed E-state index contributed by atoms with van der Waals surface area (Å²) in [6, 6.07) is 20.4. The van der Waals surface area contributed by atoms with Crippen LogP contribution < -0.4 is 20.1 Å². The first-order valence-corrected chi connectivity index (χ1v) is 10.2. The van der Waals surface area contributed by atoms with Crippen LogP contribution in [0.2, 0.25) is 5.02 Å². The Balaban J connectivity index is 1.69. The number of halogens is 1. The van der Waals surface area contributed by atoms with Crippen molar-refractivity contribution in [2.75, 3.05) is 24.4 Å². The van der Waals surface area contributed by atoms with Crippen LogP contribution in [0.25, 0.3) is 6.08 Å². The highest BCUT2D eigenvalue weighted by Gasteiger charge is 2.13. The minimum atomic E-state index is -0.412. The van der Waals surface area contributed by atoms with Crippen LogP contribution in [0.4, 0.5) is 11.4 Å². The second-order valence-corrected chi connectivity index (χ2v) is 7.12. The number of carbonyl (C=O) groups excluding carboxylic acids is 2. The number of nitrogens with zero attached hydrogens (tertiary/aromatic N) is 1. The zero-order valence-electron chi connectivity index (χ0n) is 17.7. The van der Waals surface area contributed by atoms with Crippen LogP contribution in [0.5, 0.6) is 11.5 Å². The van der Waals surface area contributed by atoms with E-state index in [0.29, 0.717) is 39.0 Å². The molecule has 8 heteroatoms. The van der Waals surface area contributed by atoms with Crippen molar-refractivity contribution in [3.63, 3.8) is 0 Å². The largest absolute Gasteiger partial charge is 0.493 e. The highest BCUT2D eigenvalue weighted by atomic mass is 35.5. The highest BCUT2D eigenvalue weighted by molar-refractivity contribution is 6.30. The molecule has 0 aliphatic rings. The SMILES string of the molecule is COc1cc(/C=C/C(=O)Nc2ccccc2C(=O)Nc2ccc(Cl)cc2)ccc1OCC#N. The molecule has 0 aromatic heterocycles. The maximum absolute atomic E-state index is 12.7. The predicted molar refractivity (Wildman–Crippen MR) is 128 cm³/mol. The number of rotatable bonds is 8. The quantitative estimate of drug-likeness (QED) is 0.451. The normalized spacial score (nSPS) is 10.3. The van der Waals surface area contributed by atoms with E-state index >= 15 is 0 Å². The van der Waals surface area contributed by atoms with E-state index in [2.05, 4.69) is 10.6 Å². The maximum Gasteiger partial charge on any atom is 0.257 e. The van der Waals surface area contributed by atoms with E-state index in [1.165, 1.54) is 13.2 Å². The van der Waals surface area contributed by atoms with Crippen molar-refractivity contribution in [3.05, 3.63) is 89.0 Å². The molecule has 2 N–H and O–H groups in total. The van der Waals surface area contributed by atoms with Gasteiger partial charge in [-0.3, -0.25) is 9.59 Å². The van der Waals surface area contributed by atoms with E-state index in [4.69, 9.17) is 26.3 Å². The highest BCUT2D eigenvalue weighted by Crippen LogP contribution is 2.28. The number of hydrogen-bond donors (Lipinski definition) is 2. The third kappa shape index (κ3) is 6.60. The fourth-order valence-corrected chi connectivity index (χ4v) is 3.01. The van der Waals surface area contributed by atoms with Gasteiger partial charge in [0.15, 0.2) is 18.1 Å². The molecule has 2 amide bonds. The minimum absolute atomic E-state index is 0.0983. The molecule has 3 rings (SSSR count). The van der Waals surface area contributed by atoms with Gasteiger partial charge in [0.1, 0.15) is 6.07 Å². The molecule has 0 saturated heterocycles. The van der Waals surface area contributed by atoms with Crippen molar-refractivity contribution in [1.82, 2.24) is 0 Å². The lowest BCUT2D eigenvalue weighted by Crippen LogP contribution is -2.17. The van der Waals surface area contributed by atoms with Gasteiger partial charge in [-0.1, -0.05) is 29.8 Å². The Kier molecular flexibility index (Phi) is 8.06. The topological polar surface area (TPSA) is 100 Å². The third-order valence-corrected chi connectivity index (χ3v) is 4.69. The Morgan fingerprint density at radius 3 is 2.52 bits per heavy atom. The smallest absolute Gasteiger partial charge is 0.257 e. The van der Waals surface area contributed by atoms with Gasteiger partial charge in [0.05, 0.1) is 18.4 Å². The second-order valence-electron chi connectivity index (χ2n) is 6.69. The maximum atomic E-state index is 12.7. The number of para-hydroxylation sites is 1. The van der Waals surface area contributed by atoms with E-state index in [9.17, 15) is 9.59 Å². The Hall–Kier alpha value is -4.28. The molecule has 3 aromatic carbocycles. The molecule has 0 heterocycles. The van der Waals surface area contributed by atoms with Gasteiger partial charge < -0.3 is 20.1 Å². The summed E-state index contributed by atoms with van der Waals surface area (Å²) < 4.78 is 10.5. The van der Waals surface area contributed by atoms with E-state index in [1.807, 2.05) is 6.07 Å². The van der Waals surface area contributed by atoms with Crippen molar-refractivity contribution in [2.24, 2.45) is 0 Å².